The average molecular weight is 258 g/mol. The molecule has 1 aliphatic carbocycles. The summed E-state index contributed by atoms with van der Waals surface area (Å²) in [5, 5.41) is 13.9. The van der Waals surface area contributed by atoms with E-state index in [0.29, 0.717) is 12.5 Å². The van der Waals surface area contributed by atoms with Crippen LogP contribution in [0.4, 0.5) is 5.82 Å². The maximum Gasteiger partial charge on any atom is 0.157 e. The number of aromatic nitrogens is 3. The van der Waals surface area contributed by atoms with Gasteiger partial charge in [0.1, 0.15) is 5.82 Å². The SMILES string of the molecule is OCC12CCCC1CN(c1ccn3nccc3n1)C2. The van der Waals surface area contributed by atoms with Crippen molar-refractivity contribution < 1.29 is 5.11 Å². The van der Waals surface area contributed by atoms with E-state index in [2.05, 4.69) is 15.0 Å². The van der Waals surface area contributed by atoms with E-state index in [1.807, 2.05) is 18.3 Å². The highest BCUT2D eigenvalue weighted by molar-refractivity contribution is 5.48. The molecule has 0 spiro atoms. The second kappa shape index (κ2) is 3.93. The van der Waals surface area contributed by atoms with Gasteiger partial charge in [-0.05, 0) is 24.8 Å². The largest absolute Gasteiger partial charge is 0.396 e. The molecule has 3 heterocycles. The molecule has 1 saturated carbocycles. The van der Waals surface area contributed by atoms with Crippen molar-refractivity contribution in [3.63, 3.8) is 0 Å². The van der Waals surface area contributed by atoms with Gasteiger partial charge in [-0.25, -0.2) is 9.50 Å². The van der Waals surface area contributed by atoms with Crippen molar-refractivity contribution in [3.8, 4) is 0 Å². The lowest BCUT2D eigenvalue weighted by Gasteiger charge is -2.26. The highest BCUT2D eigenvalue weighted by Gasteiger charge is 2.49. The van der Waals surface area contributed by atoms with Gasteiger partial charge in [-0.1, -0.05) is 6.42 Å². The highest BCUT2D eigenvalue weighted by Crippen LogP contribution is 2.48. The second-order valence-electron chi connectivity index (χ2n) is 5.91. The van der Waals surface area contributed by atoms with Crippen molar-refractivity contribution in [1.82, 2.24) is 14.6 Å². The van der Waals surface area contributed by atoms with Gasteiger partial charge in [0, 0.05) is 30.8 Å². The van der Waals surface area contributed by atoms with Crippen LogP contribution in [-0.4, -0.2) is 39.4 Å². The Balaban J connectivity index is 1.66. The molecule has 5 heteroatoms. The van der Waals surface area contributed by atoms with Gasteiger partial charge in [0.2, 0.25) is 0 Å². The Morgan fingerprint density at radius 1 is 1.42 bits per heavy atom. The van der Waals surface area contributed by atoms with Crippen LogP contribution in [0.25, 0.3) is 5.65 Å². The first-order valence-electron chi connectivity index (χ1n) is 6.97. The first kappa shape index (κ1) is 11.2. The second-order valence-corrected chi connectivity index (χ2v) is 5.91. The van der Waals surface area contributed by atoms with Crippen LogP contribution in [0.3, 0.4) is 0 Å². The molecule has 0 bridgehead atoms. The van der Waals surface area contributed by atoms with Crippen molar-refractivity contribution in [2.75, 3.05) is 24.6 Å². The summed E-state index contributed by atoms with van der Waals surface area (Å²) in [4.78, 5) is 6.98. The minimum Gasteiger partial charge on any atom is -0.396 e. The molecule has 0 aromatic carbocycles. The van der Waals surface area contributed by atoms with Crippen molar-refractivity contribution in [3.05, 3.63) is 24.5 Å². The third kappa shape index (κ3) is 1.57. The Kier molecular flexibility index (Phi) is 2.33. The van der Waals surface area contributed by atoms with Crippen LogP contribution in [0.15, 0.2) is 24.5 Å². The standard InChI is InChI=1S/C14H18N4O/c19-10-14-5-1-2-11(14)8-17(9-14)12-4-7-18-13(16-12)3-6-15-18/h3-4,6-7,11,19H,1-2,5,8-10H2. The third-order valence-corrected chi connectivity index (χ3v) is 4.92. The fourth-order valence-corrected chi connectivity index (χ4v) is 3.83. The molecule has 2 fully saturated rings. The van der Waals surface area contributed by atoms with Crippen LogP contribution in [0.1, 0.15) is 19.3 Å². The Labute approximate surface area is 111 Å². The minimum absolute atomic E-state index is 0.119. The summed E-state index contributed by atoms with van der Waals surface area (Å²) in [6.07, 6.45) is 7.37. The van der Waals surface area contributed by atoms with E-state index in [4.69, 9.17) is 0 Å². The predicted octanol–water partition coefficient (Wildman–Crippen LogP) is 1.33. The highest BCUT2D eigenvalue weighted by atomic mass is 16.3. The van der Waals surface area contributed by atoms with Crippen molar-refractivity contribution in [2.45, 2.75) is 19.3 Å². The van der Waals surface area contributed by atoms with Gasteiger partial charge in [0.05, 0.1) is 12.8 Å². The average Bonchev–Trinajstić information content (AvgIpc) is 3.10. The zero-order valence-electron chi connectivity index (χ0n) is 10.9. The molecule has 2 unspecified atom stereocenters. The molecular weight excluding hydrogens is 240 g/mol. The monoisotopic (exact) mass is 258 g/mol. The van der Waals surface area contributed by atoms with Gasteiger partial charge >= 0.3 is 0 Å². The zero-order valence-corrected chi connectivity index (χ0v) is 10.9. The lowest BCUT2D eigenvalue weighted by molar-refractivity contribution is 0.121. The molecule has 19 heavy (non-hydrogen) atoms. The summed E-state index contributed by atoms with van der Waals surface area (Å²) in [7, 11) is 0. The Morgan fingerprint density at radius 3 is 3.21 bits per heavy atom. The van der Waals surface area contributed by atoms with E-state index in [9.17, 15) is 5.11 Å². The fraction of sp³-hybridized carbons (Fsp3) is 0.571. The molecule has 2 atom stereocenters. The zero-order chi connectivity index (χ0) is 12.9. The number of anilines is 1. The topological polar surface area (TPSA) is 53.7 Å². The molecule has 100 valence electrons. The minimum atomic E-state index is 0.119. The molecule has 2 aliphatic rings. The molecule has 1 N–H and O–H groups in total. The number of hydrogen-bond acceptors (Lipinski definition) is 4. The van der Waals surface area contributed by atoms with Crippen LogP contribution < -0.4 is 4.90 Å². The molecule has 2 aromatic heterocycles. The van der Waals surface area contributed by atoms with E-state index >= 15 is 0 Å². The quantitative estimate of drug-likeness (QED) is 0.883. The Morgan fingerprint density at radius 2 is 2.37 bits per heavy atom. The van der Waals surface area contributed by atoms with E-state index in [1.54, 1.807) is 10.7 Å². The van der Waals surface area contributed by atoms with Crippen LogP contribution in [-0.2, 0) is 0 Å². The number of aliphatic hydroxyl groups is 1. The van der Waals surface area contributed by atoms with Gasteiger partial charge in [-0.3, -0.25) is 0 Å². The number of nitrogens with zero attached hydrogens (tertiary/aromatic N) is 4. The third-order valence-electron chi connectivity index (χ3n) is 4.92. The summed E-state index contributed by atoms with van der Waals surface area (Å²) in [5.41, 5.74) is 1.00. The molecule has 5 nitrogen and oxygen atoms in total. The predicted molar refractivity (Wildman–Crippen MR) is 72.1 cm³/mol. The molecule has 0 amide bonds. The van der Waals surface area contributed by atoms with Crippen LogP contribution in [0.5, 0.6) is 0 Å². The van der Waals surface area contributed by atoms with E-state index in [-0.39, 0.29) is 5.41 Å². The molecule has 4 rings (SSSR count). The van der Waals surface area contributed by atoms with Crippen LogP contribution >= 0.6 is 0 Å². The van der Waals surface area contributed by atoms with Crippen molar-refractivity contribution in [2.24, 2.45) is 11.3 Å². The summed E-state index contributed by atoms with van der Waals surface area (Å²) >= 11 is 0. The number of rotatable bonds is 2. The van der Waals surface area contributed by atoms with Crippen LogP contribution in [0, 0.1) is 11.3 Å². The smallest absolute Gasteiger partial charge is 0.157 e. The molecule has 2 aromatic rings. The summed E-state index contributed by atoms with van der Waals surface area (Å²) in [6, 6.07) is 3.94. The van der Waals surface area contributed by atoms with Gasteiger partial charge < -0.3 is 10.0 Å². The van der Waals surface area contributed by atoms with Crippen molar-refractivity contribution >= 4 is 11.5 Å². The van der Waals surface area contributed by atoms with Crippen LogP contribution in [0.2, 0.25) is 0 Å². The number of aliphatic hydroxyl groups excluding tert-OH is 1. The van der Waals surface area contributed by atoms with E-state index in [0.717, 1.165) is 31.0 Å². The summed E-state index contributed by atoms with van der Waals surface area (Å²) < 4.78 is 1.78. The normalized spacial score (nSPS) is 30.2. The van der Waals surface area contributed by atoms with Gasteiger partial charge in [-0.2, -0.15) is 5.10 Å². The molecule has 1 saturated heterocycles. The maximum absolute atomic E-state index is 9.77. The van der Waals surface area contributed by atoms with Crippen molar-refractivity contribution in [1.29, 1.82) is 0 Å². The molecular formula is C14H18N4O. The summed E-state index contributed by atoms with van der Waals surface area (Å²) in [6.45, 7) is 2.27. The number of fused-ring (bicyclic) bond motifs is 2. The lowest BCUT2D eigenvalue weighted by atomic mass is 9.82. The first-order valence-corrected chi connectivity index (χ1v) is 6.97. The fourth-order valence-electron chi connectivity index (χ4n) is 3.83. The Hall–Kier alpha value is -1.62. The number of hydrogen-bond donors (Lipinski definition) is 1. The molecule has 1 aliphatic heterocycles. The maximum atomic E-state index is 9.77. The van der Waals surface area contributed by atoms with Gasteiger partial charge in [0.15, 0.2) is 5.65 Å². The first-order chi connectivity index (χ1) is 9.31. The lowest BCUT2D eigenvalue weighted by Crippen LogP contribution is -2.31. The van der Waals surface area contributed by atoms with Gasteiger partial charge in [0.25, 0.3) is 0 Å². The Bertz CT molecular complexity index is 610. The molecule has 0 radical (unpaired) electrons. The van der Waals surface area contributed by atoms with E-state index in [1.165, 1.54) is 12.8 Å². The van der Waals surface area contributed by atoms with Gasteiger partial charge in [-0.15, -0.1) is 0 Å². The van der Waals surface area contributed by atoms with E-state index < -0.39 is 0 Å². The summed E-state index contributed by atoms with van der Waals surface area (Å²) in [5.74, 6) is 1.63.